The Bertz CT molecular complexity index is 1440. The summed E-state index contributed by atoms with van der Waals surface area (Å²) in [5.41, 5.74) is 6.34. The van der Waals surface area contributed by atoms with Gasteiger partial charge in [-0.3, -0.25) is 4.79 Å². The Morgan fingerprint density at radius 2 is 1.68 bits per heavy atom. The van der Waals surface area contributed by atoms with Gasteiger partial charge in [0.25, 0.3) is 5.91 Å². The summed E-state index contributed by atoms with van der Waals surface area (Å²) in [4.78, 5) is 18.2. The number of nitrogens with zero attached hydrogens (tertiary/aromatic N) is 4. The van der Waals surface area contributed by atoms with Crippen LogP contribution in [-0.4, -0.2) is 60.5 Å². The molecule has 38 heavy (non-hydrogen) atoms. The molecule has 0 saturated carbocycles. The summed E-state index contributed by atoms with van der Waals surface area (Å²) >= 11 is 0. The van der Waals surface area contributed by atoms with E-state index in [4.69, 9.17) is 14.6 Å². The number of ether oxygens (including phenoxy) is 2. The van der Waals surface area contributed by atoms with Crippen molar-refractivity contribution in [3.8, 4) is 28.4 Å². The monoisotopic (exact) mass is 510 g/mol. The van der Waals surface area contributed by atoms with Gasteiger partial charge >= 0.3 is 0 Å². The molecule has 0 aliphatic carbocycles. The molecule has 0 spiro atoms. The highest BCUT2D eigenvalue weighted by atomic mass is 16.5. The van der Waals surface area contributed by atoms with E-state index in [1.54, 1.807) is 11.8 Å². The molecule has 2 heterocycles. The quantitative estimate of drug-likeness (QED) is 0.327. The number of methoxy groups -OCH3 is 1. The smallest absolute Gasteiger partial charge is 0.272 e. The lowest BCUT2D eigenvalue weighted by Gasteiger charge is -2.36. The highest BCUT2D eigenvalue weighted by molar-refractivity contribution is 5.94. The second-order valence-electron chi connectivity index (χ2n) is 9.53. The molecule has 3 aromatic carbocycles. The number of hydrogen-bond donors (Lipinski definition) is 0. The number of piperazine rings is 1. The van der Waals surface area contributed by atoms with Gasteiger partial charge in [0, 0.05) is 31.7 Å². The van der Waals surface area contributed by atoms with Crippen LogP contribution in [0.4, 0.5) is 5.69 Å². The predicted octanol–water partition coefficient (Wildman–Crippen LogP) is 5.53. The third-order valence-electron chi connectivity index (χ3n) is 6.96. The first-order chi connectivity index (χ1) is 18.5. The second kappa shape index (κ2) is 11.0. The first kappa shape index (κ1) is 25.4. The van der Waals surface area contributed by atoms with Crippen molar-refractivity contribution in [2.45, 2.75) is 20.8 Å². The first-order valence-corrected chi connectivity index (χ1v) is 13.1. The van der Waals surface area contributed by atoms with Crippen molar-refractivity contribution in [3.05, 3.63) is 89.6 Å². The average molecular weight is 511 g/mol. The Labute approximate surface area is 224 Å². The molecule has 1 aliphatic heterocycles. The van der Waals surface area contributed by atoms with Crippen molar-refractivity contribution in [1.29, 1.82) is 0 Å². The number of benzene rings is 3. The van der Waals surface area contributed by atoms with Gasteiger partial charge in [0.2, 0.25) is 0 Å². The molecule has 7 nitrogen and oxygen atoms in total. The van der Waals surface area contributed by atoms with E-state index in [9.17, 15) is 4.79 Å². The van der Waals surface area contributed by atoms with Crippen LogP contribution >= 0.6 is 0 Å². The van der Waals surface area contributed by atoms with E-state index in [1.165, 1.54) is 0 Å². The fourth-order valence-electron chi connectivity index (χ4n) is 4.90. The average Bonchev–Trinajstić information content (AvgIpc) is 3.40. The summed E-state index contributed by atoms with van der Waals surface area (Å²) in [5, 5.41) is 4.93. The Morgan fingerprint density at radius 1 is 0.895 bits per heavy atom. The summed E-state index contributed by atoms with van der Waals surface area (Å²) in [7, 11) is 1.65. The van der Waals surface area contributed by atoms with E-state index in [1.807, 2.05) is 67.3 Å². The molecule has 1 aliphatic rings. The van der Waals surface area contributed by atoms with Crippen LogP contribution in [0.25, 0.3) is 16.9 Å². The first-order valence-electron chi connectivity index (χ1n) is 13.1. The summed E-state index contributed by atoms with van der Waals surface area (Å²) < 4.78 is 13.1. The molecule has 0 N–H and O–H groups in total. The van der Waals surface area contributed by atoms with Crippen LogP contribution in [0.1, 0.15) is 28.5 Å². The number of anilines is 1. The zero-order valence-corrected chi connectivity index (χ0v) is 22.5. The SMILES string of the molecule is CCOc1ccccc1N1CCN(C(=O)c2cc(-c3cccc(OC)c3)nn2-c2cc(C)ccc2C)CC1. The maximum Gasteiger partial charge on any atom is 0.272 e. The van der Waals surface area contributed by atoms with Crippen molar-refractivity contribution in [2.75, 3.05) is 44.8 Å². The molecular weight excluding hydrogens is 476 g/mol. The summed E-state index contributed by atoms with van der Waals surface area (Å²) in [6, 6.07) is 24.0. The standard InChI is InChI=1S/C31H34N4O3/c1-5-38-30-12-7-6-11-27(30)33-15-17-34(18-16-33)31(36)29-21-26(24-9-8-10-25(20-24)37-4)32-35(29)28-19-22(2)13-14-23(28)3/h6-14,19-21H,5,15-18H2,1-4H3. The van der Waals surface area contributed by atoms with Gasteiger partial charge < -0.3 is 19.3 Å². The van der Waals surface area contributed by atoms with Gasteiger partial charge in [0.15, 0.2) is 0 Å². The minimum Gasteiger partial charge on any atom is -0.497 e. The van der Waals surface area contributed by atoms with E-state index in [0.717, 1.165) is 58.3 Å². The zero-order valence-electron chi connectivity index (χ0n) is 22.5. The highest BCUT2D eigenvalue weighted by Gasteiger charge is 2.27. The Kier molecular flexibility index (Phi) is 7.36. The lowest BCUT2D eigenvalue weighted by molar-refractivity contribution is 0.0737. The van der Waals surface area contributed by atoms with Gasteiger partial charge in [-0.15, -0.1) is 0 Å². The van der Waals surface area contributed by atoms with E-state index in [2.05, 4.69) is 36.1 Å². The number of carbonyl (C=O) groups is 1. The molecule has 1 amide bonds. The van der Waals surface area contributed by atoms with Crippen LogP contribution in [0.2, 0.25) is 0 Å². The molecule has 0 unspecified atom stereocenters. The van der Waals surface area contributed by atoms with Gasteiger partial charge in [-0.2, -0.15) is 5.10 Å². The number of amides is 1. The Balaban J connectivity index is 1.45. The molecule has 7 heteroatoms. The van der Waals surface area contributed by atoms with Crippen molar-refractivity contribution >= 4 is 11.6 Å². The van der Waals surface area contributed by atoms with E-state index in [0.29, 0.717) is 25.4 Å². The molecule has 1 saturated heterocycles. The van der Waals surface area contributed by atoms with Gasteiger partial charge in [-0.05, 0) is 68.3 Å². The van der Waals surface area contributed by atoms with Crippen molar-refractivity contribution in [3.63, 3.8) is 0 Å². The molecule has 1 aromatic heterocycles. The van der Waals surface area contributed by atoms with Crippen LogP contribution in [0.15, 0.2) is 72.8 Å². The number of aromatic nitrogens is 2. The third-order valence-corrected chi connectivity index (χ3v) is 6.96. The number of hydrogen-bond acceptors (Lipinski definition) is 5. The lowest BCUT2D eigenvalue weighted by Crippen LogP contribution is -2.49. The Morgan fingerprint density at radius 3 is 2.45 bits per heavy atom. The second-order valence-corrected chi connectivity index (χ2v) is 9.53. The topological polar surface area (TPSA) is 59.8 Å². The van der Waals surface area contributed by atoms with Gasteiger partial charge in [0.1, 0.15) is 17.2 Å². The molecule has 0 atom stereocenters. The Hall–Kier alpha value is -4.26. The highest BCUT2D eigenvalue weighted by Crippen LogP contribution is 2.30. The van der Waals surface area contributed by atoms with Gasteiger partial charge in [-0.25, -0.2) is 4.68 Å². The molecule has 1 fully saturated rings. The minimum atomic E-state index is -0.0229. The van der Waals surface area contributed by atoms with E-state index >= 15 is 0 Å². The molecule has 5 rings (SSSR count). The summed E-state index contributed by atoms with van der Waals surface area (Å²) in [5.74, 6) is 1.61. The largest absolute Gasteiger partial charge is 0.497 e. The molecule has 196 valence electrons. The number of carbonyl (C=O) groups excluding carboxylic acids is 1. The lowest BCUT2D eigenvalue weighted by atomic mass is 10.1. The fraction of sp³-hybridized carbons (Fsp3) is 0.290. The minimum absolute atomic E-state index is 0.0229. The number of para-hydroxylation sites is 2. The van der Waals surface area contributed by atoms with Crippen LogP contribution in [0, 0.1) is 13.8 Å². The van der Waals surface area contributed by atoms with Crippen molar-refractivity contribution in [2.24, 2.45) is 0 Å². The summed E-state index contributed by atoms with van der Waals surface area (Å²) in [6.45, 7) is 9.41. The van der Waals surface area contributed by atoms with Crippen molar-refractivity contribution < 1.29 is 14.3 Å². The molecule has 4 aromatic rings. The van der Waals surface area contributed by atoms with Crippen LogP contribution in [-0.2, 0) is 0 Å². The fourth-order valence-corrected chi connectivity index (χ4v) is 4.90. The third kappa shape index (κ3) is 5.09. The number of aryl methyl sites for hydroxylation is 2. The summed E-state index contributed by atoms with van der Waals surface area (Å²) in [6.07, 6.45) is 0. The normalized spacial score (nSPS) is 13.5. The molecule has 0 radical (unpaired) electrons. The van der Waals surface area contributed by atoms with Gasteiger partial charge in [0.05, 0.1) is 30.8 Å². The zero-order chi connectivity index (χ0) is 26.6. The predicted molar refractivity (Wildman–Crippen MR) is 151 cm³/mol. The van der Waals surface area contributed by atoms with E-state index < -0.39 is 0 Å². The van der Waals surface area contributed by atoms with Crippen LogP contribution in [0.5, 0.6) is 11.5 Å². The van der Waals surface area contributed by atoms with E-state index in [-0.39, 0.29) is 5.91 Å². The molecular formula is C31H34N4O3. The maximum absolute atomic E-state index is 14.0. The molecule has 0 bridgehead atoms. The van der Waals surface area contributed by atoms with Crippen LogP contribution < -0.4 is 14.4 Å². The van der Waals surface area contributed by atoms with Crippen LogP contribution in [0.3, 0.4) is 0 Å². The van der Waals surface area contributed by atoms with Crippen molar-refractivity contribution in [1.82, 2.24) is 14.7 Å². The maximum atomic E-state index is 14.0. The van der Waals surface area contributed by atoms with Gasteiger partial charge in [-0.1, -0.05) is 36.4 Å². The number of rotatable bonds is 7.